The van der Waals surface area contributed by atoms with Crippen molar-refractivity contribution in [1.82, 2.24) is 10.2 Å². The van der Waals surface area contributed by atoms with Crippen LogP contribution in [0, 0.1) is 5.41 Å². The molecule has 1 unspecified atom stereocenters. The smallest absolute Gasteiger partial charge is 0.237 e. The summed E-state index contributed by atoms with van der Waals surface area (Å²) >= 11 is 0. The summed E-state index contributed by atoms with van der Waals surface area (Å²) in [7, 11) is 2.06. The van der Waals surface area contributed by atoms with E-state index in [0.717, 1.165) is 19.5 Å². The van der Waals surface area contributed by atoms with Crippen molar-refractivity contribution in [2.24, 2.45) is 5.41 Å². The lowest BCUT2D eigenvalue weighted by Crippen LogP contribution is -2.41. The Balaban J connectivity index is 1.96. The van der Waals surface area contributed by atoms with Gasteiger partial charge in [-0.1, -0.05) is 0 Å². The molecule has 13 heavy (non-hydrogen) atoms. The highest BCUT2D eigenvalue weighted by Crippen LogP contribution is 2.54. The molecule has 74 valence electrons. The van der Waals surface area contributed by atoms with Gasteiger partial charge in [0.2, 0.25) is 5.91 Å². The van der Waals surface area contributed by atoms with Gasteiger partial charge in [0.25, 0.3) is 0 Å². The lowest BCUT2D eigenvalue weighted by Gasteiger charge is -2.17. The van der Waals surface area contributed by atoms with Crippen molar-refractivity contribution in [3.8, 4) is 0 Å². The quantitative estimate of drug-likeness (QED) is 0.678. The van der Waals surface area contributed by atoms with Gasteiger partial charge >= 0.3 is 0 Å². The fraction of sp³-hybridized carbons (Fsp3) is 0.900. The number of rotatable bonds is 2. The van der Waals surface area contributed by atoms with Crippen molar-refractivity contribution in [2.45, 2.75) is 32.2 Å². The number of likely N-dealkylation sites (tertiary alicyclic amines) is 1. The van der Waals surface area contributed by atoms with Crippen LogP contribution in [0.4, 0.5) is 0 Å². The van der Waals surface area contributed by atoms with Gasteiger partial charge < -0.3 is 5.32 Å². The van der Waals surface area contributed by atoms with Crippen molar-refractivity contribution >= 4 is 5.91 Å². The Hall–Kier alpha value is -0.570. The maximum Gasteiger partial charge on any atom is 0.237 e. The predicted molar refractivity (Wildman–Crippen MR) is 51.4 cm³/mol. The molecule has 1 saturated heterocycles. The minimum absolute atomic E-state index is 0.141. The average Bonchev–Trinajstić information content (AvgIpc) is 2.72. The molecule has 1 atom stereocenters. The number of likely N-dealkylation sites (N-methyl/N-ethyl adjacent to an activating group) is 2. The largest absolute Gasteiger partial charge is 0.355 e. The maximum atomic E-state index is 11.6. The third-order valence-corrected chi connectivity index (χ3v) is 3.35. The fourth-order valence-corrected chi connectivity index (χ4v) is 2.39. The molecule has 2 aliphatic rings. The van der Waals surface area contributed by atoms with Gasteiger partial charge in [-0.05, 0) is 38.6 Å². The Kier molecular flexibility index (Phi) is 2.06. The molecule has 3 heteroatoms. The molecule has 0 bridgehead atoms. The van der Waals surface area contributed by atoms with Crippen LogP contribution in [0.25, 0.3) is 0 Å². The van der Waals surface area contributed by atoms with Crippen LogP contribution >= 0.6 is 0 Å². The first kappa shape index (κ1) is 9.00. The number of hydrogen-bond donors (Lipinski definition) is 1. The Labute approximate surface area is 79.5 Å². The predicted octanol–water partition coefficient (Wildman–Crippen LogP) is 0.607. The van der Waals surface area contributed by atoms with Crippen LogP contribution in [0.5, 0.6) is 0 Å². The summed E-state index contributed by atoms with van der Waals surface area (Å²) in [5.41, 5.74) is 0.532. The van der Waals surface area contributed by atoms with Crippen molar-refractivity contribution in [1.29, 1.82) is 0 Å². The standard InChI is InChI=1S/C10H18N2O/c1-3-11-9(13)8-6-10(4-5-10)7-12(8)2/h8H,3-7H2,1-2H3,(H,11,13). The second kappa shape index (κ2) is 2.98. The zero-order chi connectivity index (χ0) is 9.47. The first-order chi connectivity index (χ1) is 6.17. The fourth-order valence-electron chi connectivity index (χ4n) is 2.39. The molecular formula is C10H18N2O. The van der Waals surface area contributed by atoms with E-state index in [1.54, 1.807) is 0 Å². The van der Waals surface area contributed by atoms with E-state index in [2.05, 4.69) is 17.3 Å². The molecule has 1 saturated carbocycles. The molecule has 2 rings (SSSR count). The molecule has 3 nitrogen and oxygen atoms in total. The van der Waals surface area contributed by atoms with E-state index < -0.39 is 0 Å². The Bertz CT molecular complexity index is 223. The van der Waals surface area contributed by atoms with Crippen LogP contribution in [-0.4, -0.2) is 37.0 Å². The zero-order valence-electron chi connectivity index (χ0n) is 8.47. The molecule has 1 aliphatic heterocycles. The van der Waals surface area contributed by atoms with E-state index in [1.807, 2.05) is 6.92 Å². The van der Waals surface area contributed by atoms with Crippen molar-refractivity contribution < 1.29 is 4.79 Å². The molecule has 0 aromatic rings. The second-order valence-corrected chi connectivity index (χ2v) is 4.53. The van der Waals surface area contributed by atoms with E-state index in [-0.39, 0.29) is 11.9 Å². The maximum absolute atomic E-state index is 11.6. The molecule has 1 N–H and O–H groups in total. The van der Waals surface area contributed by atoms with E-state index in [4.69, 9.17) is 0 Å². The second-order valence-electron chi connectivity index (χ2n) is 4.53. The molecule has 0 aromatic carbocycles. The van der Waals surface area contributed by atoms with Crippen LogP contribution in [-0.2, 0) is 4.79 Å². The summed E-state index contributed by atoms with van der Waals surface area (Å²) in [6, 6.07) is 0.141. The van der Waals surface area contributed by atoms with Gasteiger partial charge in [-0.15, -0.1) is 0 Å². The number of amides is 1. The molecule has 1 aliphatic carbocycles. The van der Waals surface area contributed by atoms with Crippen LogP contribution in [0.15, 0.2) is 0 Å². The van der Waals surface area contributed by atoms with E-state index in [0.29, 0.717) is 5.41 Å². The van der Waals surface area contributed by atoms with Crippen molar-refractivity contribution in [2.75, 3.05) is 20.1 Å². The summed E-state index contributed by atoms with van der Waals surface area (Å²) in [5, 5.41) is 2.90. The van der Waals surface area contributed by atoms with Gasteiger partial charge in [0.15, 0.2) is 0 Å². The van der Waals surface area contributed by atoms with Crippen molar-refractivity contribution in [3.05, 3.63) is 0 Å². The zero-order valence-corrected chi connectivity index (χ0v) is 8.47. The van der Waals surface area contributed by atoms with Crippen LogP contribution in [0.1, 0.15) is 26.2 Å². The molecule has 2 fully saturated rings. The normalized spacial score (nSPS) is 30.8. The molecule has 0 aromatic heterocycles. The Morgan fingerprint density at radius 3 is 2.77 bits per heavy atom. The lowest BCUT2D eigenvalue weighted by atomic mass is 10.0. The highest BCUT2D eigenvalue weighted by Gasteiger charge is 2.52. The summed E-state index contributed by atoms with van der Waals surface area (Å²) in [5.74, 6) is 0.216. The molecule has 0 radical (unpaired) electrons. The lowest BCUT2D eigenvalue weighted by molar-refractivity contribution is -0.124. The minimum Gasteiger partial charge on any atom is -0.355 e. The van der Waals surface area contributed by atoms with E-state index in [1.165, 1.54) is 12.8 Å². The highest BCUT2D eigenvalue weighted by molar-refractivity contribution is 5.82. The highest BCUT2D eigenvalue weighted by atomic mass is 16.2. The SMILES string of the molecule is CCNC(=O)C1CC2(CC2)CN1C. The minimum atomic E-state index is 0.141. The Morgan fingerprint density at radius 2 is 2.31 bits per heavy atom. The van der Waals surface area contributed by atoms with Crippen LogP contribution < -0.4 is 5.32 Å². The van der Waals surface area contributed by atoms with Gasteiger partial charge in [0.1, 0.15) is 0 Å². The van der Waals surface area contributed by atoms with Crippen LogP contribution in [0.2, 0.25) is 0 Å². The average molecular weight is 182 g/mol. The molecule has 1 spiro atoms. The van der Waals surface area contributed by atoms with Gasteiger partial charge in [0.05, 0.1) is 6.04 Å². The monoisotopic (exact) mass is 182 g/mol. The summed E-state index contributed by atoms with van der Waals surface area (Å²) in [4.78, 5) is 13.8. The van der Waals surface area contributed by atoms with E-state index >= 15 is 0 Å². The number of carbonyl (C=O) groups excluding carboxylic acids is 1. The molecule has 1 amide bonds. The number of carbonyl (C=O) groups is 1. The summed E-state index contributed by atoms with van der Waals surface area (Å²) < 4.78 is 0. The van der Waals surface area contributed by atoms with Gasteiger partial charge in [-0.3, -0.25) is 9.69 Å². The molecular weight excluding hydrogens is 164 g/mol. The van der Waals surface area contributed by atoms with Gasteiger partial charge in [0, 0.05) is 13.1 Å². The third-order valence-electron chi connectivity index (χ3n) is 3.35. The summed E-state index contributed by atoms with van der Waals surface area (Å²) in [6.07, 6.45) is 3.73. The first-order valence-electron chi connectivity index (χ1n) is 5.15. The van der Waals surface area contributed by atoms with Crippen molar-refractivity contribution in [3.63, 3.8) is 0 Å². The Morgan fingerprint density at radius 1 is 1.62 bits per heavy atom. The number of hydrogen-bond acceptors (Lipinski definition) is 2. The van der Waals surface area contributed by atoms with E-state index in [9.17, 15) is 4.79 Å². The molecule has 1 heterocycles. The third kappa shape index (κ3) is 1.57. The number of nitrogens with one attached hydrogen (secondary N) is 1. The van der Waals surface area contributed by atoms with Gasteiger partial charge in [-0.2, -0.15) is 0 Å². The summed E-state index contributed by atoms with van der Waals surface area (Å²) in [6.45, 7) is 3.84. The number of nitrogens with zero attached hydrogens (tertiary/aromatic N) is 1. The van der Waals surface area contributed by atoms with Crippen LogP contribution in [0.3, 0.4) is 0 Å². The first-order valence-corrected chi connectivity index (χ1v) is 5.15. The topological polar surface area (TPSA) is 32.3 Å². The van der Waals surface area contributed by atoms with Gasteiger partial charge in [-0.25, -0.2) is 0 Å².